The van der Waals surface area contributed by atoms with Crippen LogP contribution in [0.4, 0.5) is 8.78 Å². The molecular formula is C14H19F2NO. The van der Waals surface area contributed by atoms with Crippen LogP contribution in [0.25, 0.3) is 0 Å². The zero-order chi connectivity index (χ0) is 13.0. The van der Waals surface area contributed by atoms with Crippen LogP contribution in [0.3, 0.4) is 0 Å². The molecule has 1 aliphatic carbocycles. The fourth-order valence-electron chi connectivity index (χ4n) is 2.30. The standard InChI is InChI=1S/C14H19F2NO/c1-10(9-17-11-5-2-3-6-11)18-13-8-4-7-12(15)14(13)16/h4,7-8,10-11,17H,2-3,5-6,9H2,1H3. The van der Waals surface area contributed by atoms with Crippen molar-refractivity contribution in [2.75, 3.05) is 6.54 Å². The van der Waals surface area contributed by atoms with Gasteiger partial charge in [-0.1, -0.05) is 18.9 Å². The van der Waals surface area contributed by atoms with Crippen LogP contribution >= 0.6 is 0 Å². The first-order valence-corrected chi connectivity index (χ1v) is 6.51. The molecule has 1 unspecified atom stereocenters. The van der Waals surface area contributed by atoms with E-state index in [0.29, 0.717) is 12.6 Å². The lowest BCUT2D eigenvalue weighted by atomic mass is 10.2. The molecule has 0 saturated heterocycles. The van der Waals surface area contributed by atoms with Crippen LogP contribution in [0.15, 0.2) is 18.2 Å². The largest absolute Gasteiger partial charge is 0.486 e. The predicted octanol–water partition coefficient (Wildman–Crippen LogP) is 3.26. The van der Waals surface area contributed by atoms with E-state index >= 15 is 0 Å². The molecule has 18 heavy (non-hydrogen) atoms. The van der Waals surface area contributed by atoms with Crippen LogP contribution in [0, 0.1) is 11.6 Å². The van der Waals surface area contributed by atoms with Crippen molar-refractivity contribution < 1.29 is 13.5 Å². The van der Waals surface area contributed by atoms with E-state index in [2.05, 4.69) is 5.32 Å². The second-order valence-corrected chi connectivity index (χ2v) is 4.87. The molecule has 0 heterocycles. The molecule has 1 N–H and O–H groups in total. The summed E-state index contributed by atoms with van der Waals surface area (Å²) >= 11 is 0. The van der Waals surface area contributed by atoms with E-state index in [0.717, 1.165) is 6.07 Å². The van der Waals surface area contributed by atoms with E-state index in [1.807, 2.05) is 6.92 Å². The van der Waals surface area contributed by atoms with Gasteiger partial charge in [-0.05, 0) is 31.9 Å². The maximum atomic E-state index is 13.4. The Morgan fingerprint density at radius 2 is 2.06 bits per heavy atom. The van der Waals surface area contributed by atoms with Crippen LogP contribution < -0.4 is 10.1 Å². The number of rotatable bonds is 5. The van der Waals surface area contributed by atoms with Gasteiger partial charge < -0.3 is 10.1 Å². The summed E-state index contributed by atoms with van der Waals surface area (Å²) in [5.41, 5.74) is 0. The molecule has 0 aromatic heterocycles. The average Bonchev–Trinajstić information content (AvgIpc) is 2.86. The van der Waals surface area contributed by atoms with Crippen molar-refractivity contribution in [3.8, 4) is 5.75 Å². The molecule has 1 atom stereocenters. The lowest BCUT2D eigenvalue weighted by molar-refractivity contribution is 0.200. The molecular weight excluding hydrogens is 236 g/mol. The molecule has 2 nitrogen and oxygen atoms in total. The summed E-state index contributed by atoms with van der Waals surface area (Å²) in [4.78, 5) is 0. The molecule has 1 fully saturated rings. The second-order valence-electron chi connectivity index (χ2n) is 4.87. The molecule has 1 aromatic rings. The van der Waals surface area contributed by atoms with Crippen molar-refractivity contribution in [1.82, 2.24) is 5.32 Å². The highest BCUT2D eigenvalue weighted by molar-refractivity contribution is 5.25. The molecule has 1 aromatic carbocycles. The monoisotopic (exact) mass is 255 g/mol. The lowest BCUT2D eigenvalue weighted by Crippen LogP contribution is -2.35. The van der Waals surface area contributed by atoms with Crippen LogP contribution in [0.1, 0.15) is 32.6 Å². The normalized spacial score (nSPS) is 17.9. The summed E-state index contributed by atoms with van der Waals surface area (Å²) < 4.78 is 31.8. The number of hydrogen-bond acceptors (Lipinski definition) is 2. The zero-order valence-corrected chi connectivity index (χ0v) is 10.6. The lowest BCUT2D eigenvalue weighted by Gasteiger charge is -2.18. The molecule has 1 saturated carbocycles. The van der Waals surface area contributed by atoms with Gasteiger partial charge in [0.05, 0.1) is 0 Å². The van der Waals surface area contributed by atoms with Gasteiger partial charge in [0.15, 0.2) is 11.6 Å². The van der Waals surface area contributed by atoms with Crippen molar-refractivity contribution >= 4 is 0 Å². The molecule has 0 radical (unpaired) electrons. The minimum Gasteiger partial charge on any atom is -0.486 e. The Morgan fingerprint density at radius 3 is 2.78 bits per heavy atom. The number of hydrogen-bond donors (Lipinski definition) is 1. The fraction of sp³-hybridized carbons (Fsp3) is 0.571. The Morgan fingerprint density at radius 1 is 1.33 bits per heavy atom. The number of halogens is 2. The van der Waals surface area contributed by atoms with E-state index < -0.39 is 11.6 Å². The van der Waals surface area contributed by atoms with Crippen LogP contribution in [0.5, 0.6) is 5.75 Å². The van der Waals surface area contributed by atoms with E-state index in [-0.39, 0.29) is 11.9 Å². The van der Waals surface area contributed by atoms with Crippen molar-refractivity contribution in [1.29, 1.82) is 0 Å². The van der Waals surface area contributed by atoms with Crippen molar-refractivity contribution in [2.45, 2.75) is 44.8 Å². The van der Waals surface area contributed by atoms with Crippen LogP contribution in [-0.4, -0.2) is 18.7 Å². The van der Waals surface area contributed by atoms with Gasteiger partial charge in [0.1, 0.15) is 6.10 Å². The molecule has 1 aliphatic rings. The van der Waals surface area contributed by atoms with Gasteiger partial charge in [-0.25, -0.2) is 4.39 Å². The third-order valence-electron chi connectivity index (χ3n) is 3.29. The van der Waals surface area contributed by atoms with Gasteiger partial charge >= 0.3 is 0 Å². The Hall–Kier alpha value is -1.16. The van der Waals surface area contributed by atoms with Gasteiger partial charge in [0.2, 0.25) is 5.82 Å². The quantitative estimate of drug-likeness (QED) is 0.872. The average molecular weight is 255 g/mol. The summed E-state index contributed by atoms with van der Waals surface area (Å²) in [6.07, 6.45) is 4.75. The van der Waals surface area contributed by atoms with Crippen LogP contribution in [-0.2, 0) is 0 Å². The summed E-state index contributed by atoms with van der Waals surface area (Å²) in [7, 11) is 0. The number of nitrogens with one attached hydrogen (secondary N) is 1. The topological polar surface area (TPSA) is 21.3 Å². The Bertz CT molecular complexity index is 391. The minimum absolute atomic E-state index is 0.0179. The third-order valence-corrected chi connectivity index (χ3v) is 3.29. The van der Waals surface area contributed by atoms with Crippen molar-refractivity contribution in [2.24, 2.45) is 0 Å². The first-order valence-electron chi connectivity index (χ1n) is 6.51. The van der Waals surface area contributed by atoms with Crippen molar-refractivity contribution in [3.05, 3.63) is 29.8 Å². The van der Waals surface area contributed by atoms with Gasteiger partial charge in [0, 0.05) is 12.6 Å². The van der Waals surface area contributed by atoms with Gasteiger partial charge in [-0.15, -0.1) is 0 Å². The highest BCUT2D eigenvalue weighted by Gasteiger charge is 2.16. The maximum absolute atomic E-state index is 13.4. The van der Waals surface area contributed by atoms with Crippen molar-refractivity contribution in [3.63, 3.8) is 0 Å². The SMILES string of the molecule is CC(CNC1CCCC1)Oc1cccc(F)c1F. The molecule has 2 rings (SSSR count). The minimum atomic E-state index is -0.912. The van der Waals surface area contributed by atoms with Crippen LogP contribution in [0.2, 0.25) is 0 Å². The number of benzene rings is 1. The first-order chi connectivity index (χ1) is 8.66. The predicted molar refractivity (Wildman–Crippen MR) is 66.7 cm³/mol. The van der Waals surface area contributed by atoms with E-state index in [1.165, 1.54) is 37.8 Å². The third kappa shape index (κ3) is 3.42. The van der Waals surface area contributed by atoms with E-state index in [9.17, 15) is 8.78 Å². The molecule has 0 amide bonds. The smallest absolute Gasteiger partial charge is 0.200 e. The summed E-state index contributed by atoms with van der Waals surface area (Å²) in [6, 6.07) is 4.53. The van der Waals surface area contributed by atoms with E-state index in [1.54, 1.807) is 0 Å². The molecule has 0 bridgehead atoms. The fourth-order valence-corrected chi connectivity index (χ4v) is 2.30. The second kappa shape index (κ2) is 6.14. The first kappa shape index (κ1) is 13.3. The van der Waals surface area contributed by atoms with Gasteiger partial charge in [-0.3, -0.25) is 0 Å². The van der Waals surface area contributed by atoms with E-state index in [4.69, 9.17) is 4.74 Å². The molecule has 0 aliphatic heterocycles. The van der Waals surface area contributed by atoms with Gasteiger partial charge in [0.25, 0.3) is 0 Å². The van der Waals surface area contributed by atoms with Gasteiger partial charge in [-0.2, -0.15) is 4.39 Å². The number of ether oxygens (including phenoxy) is 1. The Labute approximate surface area is 106 Å². The Balaban J connectivity index is 1.82. The summed E-state index contributed by atoms with van der Waals surface area (Å²) in [6.45, 7) is 2.51. The zero-order valence-electron chi connectivity index (χ0n) is 10.6. The maximum Gasteiger partial charge on any atom is 0.200 e. The molecule has 4 heteroatoms. The summed E-state index contributed by atoms with van der Waals surface area (Å²) in [5.74, 6) is -1.80. The summed E-state index contributed by atoms with van der Waals surface area (Å²) in [5, 5.41) is 3.39. The highest BCUT2D eigenvalue weighted by atomic mass is 19.2. The highest BCUT2D eigenvalue weighted by Crippen LogP contribution is 2.21. The molecule has 100 valence electrons. The molecule has 0 spiro atoms. The Kier molecular flexibility index (Phi) is 4.53.